The molecule has 1 fully saturated rings. The summed E-state index contributed by atoms with van der Waals surface area (Å²) in [5.74, 6) is 0. The first kappa shape index (κ1) is 16.8. The smallest absolute Gasteiger partial charge is 0.314 e. The van der Waals surface area contributed by atoms with Crippen LogP contribution in [-0.4, -0.2) is 19.1 Å². The van der Waals surface area contributed by atoms with Crippen LogP contribution >= 0.6 is 11.6 Å². The van der Waals surface area contributed by atoms with E-state index < -0.39 is 0 Å². The van der Waals surface area contributed by atoms with Crippen LogP contribution in [-0.2, 0) is 11.8 Å². The van der Waals surface area contributed by atoms with Gasteiger partial charge in [-0.1, -0.05) is 60.5 Å². The fourth-order valence-electron chi connectivity index (χ4n) is 3.25. The lowest BCUT2D eigenvalue weighted by atomic mass is 9.64. The van der Waals surface area contributed by atoms with Gasteiger partial charge < -0.3 is 10.6 Å². The maximum atomic E-state index is 12.1. The summed E-state index contributed by atoms with van der Waals surface area (Å²) in [6.07, 6.45) is 4.31. The minimum Gasteiger partial charge on any atom is -0.338 e. The normalized spacial score (nSPS) is 15.4. The topological polar surface area (TPSA) is 41.1 Å². The molecule has 126 valence electrons. The highest BCUT2D eigenvalue weighted by Gasteiger charge is 2.38. The maximum Gasteiger partial charge on any atom is 0.314 e. The van der Waals surface area contributed by atoms with Crippen molar-refractivity contribution < 1.29 is 4.79 Å². The summed E-state index contributed by atoms with van der Waals surface area (Å²) in [4.78, 5) is 12.1. The van der Waals surface area contributed by atoms with E-state index >= 15 is 0 Å². The van der Waals surface area contributed by atoms with E-state index in [0.29, 0.717) is 13.1 Å². The molecule has 2 N–H and O–H groups in total. The van der Waals surface area contributed by atoms with Crippen LogP contribution in [0.5, 0.6) is 0 Å². The number of carbonyl (C=O) groups excluding carboxylic acids is 1. The molecule has 2 aromatic carbocycles. The summed E-state index contributed by atoms with van der Waals surface area (Å²) in [6.45, 7) is 1.32. The Labute approximate surface area is 148 Å². The molecule has 0 radical (unpaired) electrons. The number of nitrogens with one attached hydrogen (secondary N) is 2. The fourth-order valence-corrected chi connectivity index (χ4v) is 3.37. The van der Waals surface area contributed by atoms with Crippen LogP contribution in [0.1, 0.15) is 30.4 Å². The molecule has 2 amide bonds. The van der Waals surface area contributed by atoms with Crippen molar-refractivity contribution in [3.63, 3.8) is 0 Å². The Kier molecular flexibility index (Phi) is 5.41. The van der Waals surface area contributed by atoms with E-state index in [1.807, 2.05) is 30.3 Å². The second-order valence-electron chi connectivity index (χ2n) is 6.49. The molecule has 1 aliphatic carbocycles. The molecule has 24 heavy (non-hydrogen) atoms. The summed E-state index contributed by atoms with van der Waals surface area (Å²) in [5, 5.41) is 6.72. The largest absolute Gasteiger partial charge is 0.338 e. The zero-order valence-corrected chi connectivity index (χ0v) is 14.5. The highest BCUT2D eigenvalue weighted by Crippen LogP contribution is 2.43. The van der Waals surface area contributed by atoms with Gasteiger partial charge >= 0.3 is 6.03 Å². The van der Waals surface area contributed by atoms with Crippen molar-refractivity contribution in [3.8, 4) is 0 Å². The zero-order chi connectivity index (χ0) is 16.8. The van der Waals surface area contributed by atoms with Gasteiger partial charge in [0.2, 0.25) is 0 Å². The van der Waals surface area contributed by atoms with E-state index in [4.69, 9.17) is 11.6 Å². The molecule has 0 heterocycles. The molecule has 1 saturated carbocycles. The molecule has 0 aliphatic heterocycles. The first-order valence-corrected chi connectivity index (χ1v) is 8.87. The summed E-state index contributed by atoms with van der Waals surface area (Å²) in [6, 6.07) is 18.1. The van der Waals surface area contributed by atoms with Crippen molar-refractivity contribution >= 4 is 17.6 Å². The Balaban J connectivity index is 1.44. The van der Waals surface area contributed by atoms with Crippen LogP contribution in [0, 0.1) is 0 Å². The predicted molar refractivity (Wildman–Crippen MR) is 98.5 cm³/mol. The molecule has 0 unspecified atom stereocenters. The Hall–Kier alpha value is -2.00. The van der Waals surface area contributed by atoms with Gasteiger partial charge in [0.15, 0.2) is 0 Å². The number of hydrogen-bond acceptors (Lipinski definition) is 1. The SMILES string of the molecule is O=C(NCCc1ccc(Cl)cc1)NCC1(c2ccccc2)CCC1. The molecule has 2 aromatic rings. The maximum absolute atomic E-state index is 12.1. The van der Waals surface area contributed by atoms with Gasteiger partial charge in [-0.15, -0.1) is 0 Å². The number of benzene rings is 2. The summed E-state index contributed by atoms with van der Waals surface area (Å²) < 4.78 is 0. The standard InChI is InChI=1S/C20H23ClN2O/c21-18-9-7-16(8-10-18)11-14-22-19(24)23-15-20(12-4-13-20)17-5-2-1-3-6-17/h1-3,5-10H,4,11-15H2,(H2,22,23,24). The third kappa shape index (κ3) is 4.09. The molecule has 0 aromatic heterocycles. The zero-order valence-electron chi connectivity index (χ0n) is 13.7. The molecule has 1 aliphatic rings. The average molecular weight is 343 g/mol. The van der Waals surface area contributed by atoms with E-state index in [-0.39, 0.29) is 11.4 Å². The van der Waals surface area contributed by atoms with Crippen LogP contribution in [0.25, 0.3) is 0 Å². The molecule has 3 nitrogen and oxygen atoms in total. The van der Waals surface area contributed by atoms with Crippen molar-refractivity contribution in [2.75, 3.05) is 13.1 Å². The van der Waals surface area contributed by atoms with Crippen molar-refractivity contribution in [3.05, 3.63) is 70.7 Å². The van der Waals surface area contributed by atoms with Gasteiger partial charge in [-0.2, -0.15) is 0 Å². The van der Waals surface area contributed by atoms with Gasteiger partial charge in [0.25, 0.3) is 0 Å². The monoisotopic (exact) mass is 342 g/mol. The summed E-state index contributed by atoms with van der Waals surface area (Å²) in [7, 11) is 0. The highest BCUT2D eigenvalue weighted by molar-refractivity contribution is 6.30. The summed E-state index contributed by atoms with van der Waals surface area (Å²) in [5.41, 5.74) is 2.62. The van der Waals surface area contributed by atoms with Crippen molar-refractivity contribution in [1.82, 2.24) is 10.6 Å². The summed E-state index contributed by atoms with van der Waals surface area (Å²) >= 11 is 5.87. The van der Waals surface area contributed by atoms with E-state index in [1.165, 1.54) is 17.5 Å². The third-order valence-corrected chi connectivity index (χ3v) is 5.15. The fraction of sp³-hybridized carbons (Fsp3) is 0.350. The van der Waals surface area contributed by atoms with Gasteiger partial charge in [-0.3, -0.25) is 0 Å². The number of amides is 2. The first-order valence-electron chi connectivity index (χ1n) is 8.50. The first-order chi connectivity index (χ1) is 11.7. The van der Waals surface area contributed by atoms with Gasteiger partial charge in [-0.05, 0) is 42.5 Å². The van der Waals surface area contributed by atoms with Crippen molar-refractivity contribution in [2.45, 2.75) is 31.1 Å². The lowest BCUT2D eigenvalue weighted by Gasteiger charge is -2.42. The number of rotatable bonds is 6. The van der Waals surface area contributed by atoms with Crippen molar-refractivity contribution in [1.29, 1.82) is 0 Å². The number of halogens is 1. The third-order valence-electron chi connectivity index (χ3n) is 4.90. The minimum absolute atomic E-state index is 0.0915. The van der Waals surface area contributed by atoms with Crippen LogP contribution < -0.4 is 10.6 Å². The number of urea groups is 1. The average Bonchev–Trinajstić information content (AvgIpc) is 2.57. The lowest BCUT2D eigenvalue weighted by molar-refractivity contribution is 0.215. The molecular formula is C20H23ClN2O. The molecule has 4 heteroatoms. The Morgan fingerprint density at radius 2 is 1.71 bits per heavy atom. The molecule has 3 rings (SSSR count). The van der Waals surface area contributed by atoms with Crippen LogP contribution in [0.2, 0.25) is 5.02 Å². The van der Waals surface area contributed by atoms with E-state index in [0.717, 1.165) is 24.3 Å². The van der Waals surface area contributed by atoms with Gasteiger partial charge in [0.1, 0.15) is 0 Å². The van der Waals surface area contributed by atoms with Gasteiger partial charge in [-0.25, -0.2) is 4.79 Å². The molecule has 0 atom stereocenters. The second-order valence-corrected chi connectivity index (χ2v) is 6.92. The highest BCUT2D eigenvalue weighted by atomic mass is 35.5. The lowest BCUT2D eigenvalue weighted by Crippen LogP contribution is -2.48. The van der Waals surface area contributed by atoms with E-state index in [2.05, 4.69) is 34.9 Å². The Morgan fingerprint density at radius 1 is 1.00 bits per heavy atom. The van der Waals surface area contributed by atoms with E-state index in [1.54, 1.807) is 0 Å². The number of hydrogen-bond donors (Lipinski definition) is 2. The molecule has 0 saturated heterocycles. The van der Waals surface area contributed by atoms with Gasteiger partial charge in [0, 0.05) is 23.5 Å². The number of carbonyl (C=O) groups is 1. The molecule has 0 spiro atoms. The Bertz CT molecular complexity index is 666. The van der Waals surface area contributed by atoms with Crippen LogP contribution in [0.15, 0.2) is 54.6 Å². The van der Waals surface area contributed by atoms with Crippen LogP contribution in [0.3, 0.4) is 0 Å². The molecule has 0 bridgehead atoms. The molecular weight excluding hydrogens is 320 g/mol. The van der Waals surface area contributed by atoms with Crippen molar-refractivity contribution in [2.24, 2.45) is 0 Å². The van der Waals surface area contributed by atoms with E-state index in [9.17, 15) is 4.79 Å². The predicted octanol–water partition coefficient (Wildman–Crippen LogP) is 4.30. The quantitative estimate of drug-likeness (QED) is 0.807. The minimum atomic E-state index is -0.0915. The Morgan fingerprint density at radius 3 is 2.33 bits per heavy atom. The second kappa shape index (κ2) is 7.71. The van der Waals surface area contributed by atoms with Gasteiger partial charge in [0.05, 0.1) is 0 Å². The van der Waals surface area contributed by atoms with Crippen LogP contribution in [0.4, 0.5) is 4.79 Å².